The molecule has 2 saturated carbocycles. The lowest BCUT2D eigenvalue weighted by Gasteiger charge is -2.64. The summed E-state index contributed by atoms with van der Waals surface area (Å²) in [5, 5.41) is 27.5. The summed E-state index contributed by atoms with van der Waals surface area (Å²) < 4.78 is 6.57. The standard InChI is InChI=1S/C29H31N3O4/c33-22-8-7-17-13-23-29(35)10-9-21(31-27(34)19-14-30-20-4-2-1-3-18(19)20)26-28(29,24(17)25(22)36-26)11-12-32(23)15-16-5-6-16/h1-4,7-8,14,16,21,23,26,30,33,35H,5-6,9-13,15H2,(H,31,34)/t21-,23+,26-,28-,29+/m0/s1. The fourth-order valence-electron chi connectivity index (χ4n) is 8.13. The van der Waals surface area contributed by atoms with Gasteiger partial charge in [0.25, 0.3) is 5.91 Å². The number of nitrogens with one attached hydrogen (secondary N) is 2. The highest BCUT2D eigenvalue weighted by Gasteiger charge is 2.73. The van der Waals surface area contributed by atoms with Gasteiger partial charge in [-0.05, 0) is 68.7 Å². The van der Waals surface area contributed by atoms with Crippen molar-refractivity contribution >= 4 is 16.8 Å². The number of amides is 1. The van der Waals surface area contributed by atoms with Crippen molar-refractivity contribution in [3.05, 3.63) is 59.3 Å². The van der Waals surface area contributed by atoms with Gasteiger partial charge in [-0.15, -0.1) is 0 Å². The largest absolute Gasteiger partial charge is 0.504 e. The zero-order chi connectivity index (χ0) is 24.2. The Bertz CT molecular complexity index is 1410. The van der Waals surface area contributed by atoms with Gasteiger partial charge in [0.1, 0.15) is 6.10 Å². The molecule has 7 nitrogen and oxygen atoms in total. The number of H-pyrrole nitrogens is 1. The van der Waals surface area contributed by atoms with Gasteiger partial charge in [-0.2, -0.15) is 0 Å². The molecule has 5 atom stereocenters. The molecule has 0 radical (unpaired) electrons. The molecular weight excluding hydrogens is 454 g/mol. The number of aromatic nitrogens is 1. The van der Waals surface area contributed by atoms with Crippen LogP contribution in [0.2, 0.25) is 0 Å². The molecule has 2 aliphatic heterocycles. The molecule has 1 spiro atoms. The molecule has 2 bridgehead atoms. The average molecular weight is 486 g/mol. The van der Waals surface area contributed by atoms with Crippen molar-refractivity contribution in [2.75, 3.05) is 13.1 Å². The lowest BCUT2D eigenvalue weighted by atomic mass is 9.48. The van der Waals surface area contributed by atoms with Crippen LogP contribution < -0.4 is 10.1 Å². The number of phenolic OH excluding ortho intramolecular Hbond substituents is 1. The van der Waals surface area contributed by atoms with Crippen LogP contribution in [0.15, 0.2) is 42.6 Å². The van der Waals surface area contributed by atoms with Gasteiger partial charge in [-0.3, -0.25) is 9.69 Å². The Kier molecular flexibility index (Phi) is 4.13. The van der Waals surface area contributed by atoms with E-state index in [9.17, 15) is 15.0 Å². The molecule has 1 amide bonds. The van der Waals surface area contributed by atoms with E-state index < -0.39 is 17.1 Å². The van der Waals surface area contributed by atoms with Gasteiger partial charge in [0.2, 0.25) is 0 Å². The molecule has 1 saturated heterocycles. The molecule has 3 aliphatic carbocycles. The minimum atomic E-state index is -0.946. The van der Waals surface area contributed by atoms with Crippen molar-refractivity contribution in [2.45, 2.75) is 67.7 Å². The second-order valence-electron chi connectivity index (χ2n) is 11.7. The van der Waals surface area contributed by atoms with Crippen LogP contribution in [0.1, 0.15) is 53.6 Å². The number of para-hydroxylation sites is 1. The van der Waals surface area contributed by atoms with Crippen molar-refractivity contribution in [1.29, 1.82) is 0 Å². The first-order valence-electron chi connectivity index (χ1n) is 13.3. The predicted molar refractivity (Wildman–Crippen MR) is 134 cm³/mol. The second-order valence-corrected chi connectivity index (χ2v) is 11.7. The van der Waals surface area contributed by atoms with Crippen molar-refractivity contribution in [3.8, 4) is 11.5 Å². The van der Waals surface area contributed by atoms with Gasteiger partial charge in [-0.1, -0.05) is 24.3 Å². The van der Waals surface area contributed by atoms with E-state index in [4.69, 9.17) is 4.74 Å². The molecule has 1 aromatic heterocycles. The summed E-state index contributed by atoms with van der Waals surface area (Å²) in [6, 6.07) is 11.3. The molecule has 5 aliphatic rings. The summed E-state index contributed by atoms with van der Waals surface area (Å²) in [7, 11) is 0. The Balaban J connectivity index is 1.20. The molecule has 3 heterocycles. The van der Waals surface area contributed by atoms with E-state index in [2.05, 4.69) is 15.2 Å². The number of hydrogen-bond donors (Lipinski definition) is 4. The Morgan fingerprint density at radius 1 is 1.17 bits per heavy atom. The number of ether oxygens (including phenoxy) is 1. The van der Waals surface area contributed by atoms with Crippen LogP contribution in [0.25, 0.3) is 10.9 Å². The van der Waals surface area contributed by atoms with E-state index in [1.807, 2.05) is 30.3 Å². The number of fused-ring (bicyclic) bond motifs is 1. The van der Waals surface area contributed by atoms with Crippen LogP contribution in [0.5, 0.6) is 11.5 Å². The minimum Gasteiger partial charge on any atom is -0.504 e. The predicted octanol–water partition coefficient (Wildman–Crippen LogP) is 3.24. The van der Waals surface area contributed by atoms with Crippen molar-refractivity contribution in [1.82, 2.24) is 15.2 Å². The Labute approximate surface area is 209 Å². The number of aromatic hydroxyl groups is 1. The Hall–Kier alpha value is -3.03. The smallest absolute Gasteiger partial charge is 0.253 e. The molecule has 0 unspecified atom stereocenters. The van der Waals surface area contributed by atoms with E-state index in [1.165, 1.54) is 18.4 Å². The van der Waals surface area contributed by atoms with Crippen LogP contribution in [-0.2, 0) is 11.8 Å². The summed E-state index contributed by atoms with van der Waals surface area (Å²) >= 11 is 0. The molecule has 36 heavy (non-hydrogen) atoms. The molecule has 7 heteroatoms. The van der Waals surface area contributed by atoms with Gasteiger partial charge < -0.3 is 25.3 Å². The van der Waals surface area contributed by atoms with Gasteiger partial charge in [-0.25, -0.2) is 0 Å². The average Bonchev–Trinajstić information content (AvgIpc) is 3.46. The summed E-state index contributed by atoms with van der Waals surface area (Å²) in [6.45, 7) is 1.95. The number of rotatable bonds is 4. The first-order valence-corrected chi connectivity index (χ1v) is 13.3. The minimum absolute atomic E-state index is 0.0335. The van der Waals surface area contributed by atoms with Crippen LogP contribution in [0.4, 0.5) is 0 Å². The highest BCUT2D eigenvalue weighted by atomic mass is 16.5. The first kappa shape index (κ1) is 21.1. The number of aromatic amines is 1. The number of carbonyl (C=O) groups excluding carboxylic acids is 1. The fraction of sp³-hybridized carbons (Fsp3) is 0.483. The fourth-order valence-corrected chi connectivity index (χ4v) is 8.13. The monoisotopic (exact) mass is 485 g/mol. The van der Waals surface area contributed by atoms with Crippen molar-refractivity contribution < 1.29 is 19.7 Å². The number of hydrogen-bond acceptors (Lipinski definition) is 5. The quantitative estimate of drug-likeness (QED) is 0.455. The summed E-state index contributed by atoms with van der Waals surface area (Å²) in [5.74, 6) is 1.25. The van der Waals surface area contributed by atoms with Crippen molar-refractivity contribution in [2.24, 2.45) is 5.92 Å². The first-order chi connectivity index (χ1) is 17.5. The molecule has 3 aromatic rings. The summed E-state index contributed by atoms with van der Waals surface area (Å²) in [5.41, 5.74) is 2.13. The number of carbonyl (C=O) groups is 1. The van der Waals surface area contributed by atoms with Gasteiger partial charge in [0.05, 0.1) is 22.6 Å². The van der Waals surface area contributed by atoms with Gasteiger partial charge >= 0.3 is 0 Å². The molecule has 2 aromatic carbocycles. The number of nitrogens with zero attached hydrogens (tertiary/aromatic N) is 1. The number of aliphatic hydroxyl groups is 1. The molecular formula is C29H31N3O4. The number of phenols is 1. The summed E-state index contributed by atoms with van der Waals surface area (Å²) in [6.07, 6.45) is 6.69. The van der Waals surface area contributed by atoms with Crippen LogP contribution in [-0.4, -0.2) is 62.9 Å². The molecule has 4 N–H and O–H groups in total. The van der Waals surface area contributed by atoms with Crippen LogP contribution in [0.3, 0.4) is 0 Å². The third-order valence-corrected chi connectivity index (χ3v) is 9.91. The van der Waals surface area contributed by atoms with E-state index in [-0.39, 0.29) is 23.7 Å². The molecule has 3 fully saturated rings. The maximum absolute atomic E-state index is 13.5. The Morgan fingerprint density at radius 3 is 2.89 bits per heavy atom. The van der Waals surface area contributed by atoms with Crippen molar-refractivity contribution in [3.63, 3.8) is 0 Å². The number of benzene rings is 2. The zero-order valence-corrected chi connectivity index (χ0v) is 20.2. The number of likely N-dealkylation sites (tertiary alicyclic amines) is 1. The van der Waals surface area contributed by atoms with Crippen LogP contribution >= 0.6 is 0 Å². The van der Waals surface area contributed by atoms with E-state index in [1.54, 1.807) is 12.3 Å². The lowest BCUT2D eigenvalue weighted by molar-refractivity contribution is -0.191. The zero-order valence-electron chi connectivity index (χ0n) is 20.2. The van der Waals surface area contributed by atoms with Gasteiger partial charge in [0, 0.05) is 35.2 Å². The highest BCUT2D eigenvalue weighted by Crippen LogP contribution is 2.65. The third kappa shape index (κ3) is 2.57. The second kappa shape index (κ2) is 7.05. The van der Waals surface area contributed by atoms with E-state index >= 15 is 0 Å². The topological polar surface area (TPSA) is 97.8 Å². The lowest BCUT2D eigenvalue weighted by Crippen LogP contribution is -2.78. The Morgan fingerprint density at radius 2 is 2.03 bits per heavy atom. The van der Waals surface area contributed by atoms with Gasteiger partial charge in [0.15, 0.2) is 11.5 Å². The SMILES string of the molecule is O=C(N[C@H]1CC[C@@]2(O)[C@H]3Cc4ccc(O)c5c4[C@@]2(CCN3CC2CC2)[C@H]1O5)c1c[nH]c2ccccc12. The van der Waals surface area contributed by atoms with E-state index in [0.29, 0.717) is 24.2 Å². The maximum atomic E-state index is 13.5. The van der Waals surface area contributed by atoms with E-state index in [0.717, 1.165) is 48.3 Å². The normalized spacial score (nSPS) is 34.3. The number of piperidine rings is 1. The maximum Gasteiger partial charge on any atom is 0.253 e. The summed E-state index contributed by atoms with van der Waals surface area (Å²) in [4.78, 5) is 19.2. The highest BCUT2D eigenvalue weighted by molar-refractivity contribution is 6.06. The molecule has 186 valence electrons. The van der Waals surface area contributed by atoms with Crippen LogP contribution in [0, 0.1) is 5.92 Å². The third-order valence-electron chi connectivity index (χ3n) is 9.91. The molecule has 8 rings (SSSR count).